The van der Waals surface area contributed by atoms with E-state index in [1.165, 1.54) is 4.31 Å². The predicted octanol–water partition coefficient (Wildman–Crippen LogP) is 4.15. The standard InChI is InChI=1S/C20H20N2O3S2/c1-26-15-6-4-14(5-7-15)20-18(13-23)17-12-16(8-9-19(17)21-20)27(24,25)22-10-2-3-11-22/h4-9,12-13,21H,2-3,10-11H2,1H3. The Morgan fingerprint density at radius 3 is 2.41 bits per heavy atom. The van der Waals surface area contributed by atoms with Gasteiger partial charge in [0.25, 0.3) is 0 Å². The molecule has 1 aromatic heterocycles. The molecule has 0 spiro atoms. The van der Waals surface area contributed by atoms with Crippen molar-refractivity contribution >= 4 is 39.0 Å². The lowest BCUT2D eigenvalue weighted by molar-refractivity contribution is 0.112. The second-order valence-electron chi connectivity index (χ2n) is 6.58. The normalized spacial score (nSPS) is 15.4. The van der Waals surface area contributed by atoms with E-state index >= 15 is 0 Å². The van der Waals surface area contributed by atoms with Gasteiger partial charge in [-0.2, -0.15) is 4.31 Å². The largest absolute Gasteiger partial charge is 0.354 e. The molecule has 1 aliphatic heterocycles. The van der Waals surface area contributed by atoms with E-state index in [1.54, 1.807) is 30.0 Å². The Balaban J connectivity index is 1.83. The number of thioether (sulfide) groups is 1. The highest BCUT2D eigenvalue weighted by Gasteiger charge is 2.28. The Kier molecular flexibility index (Phi) is 4.84. The zero-order valence-corrected chi connectivity index (χ0v) is 16.6. The summed E-state index contributed by atoms with van der Waals surface area (Å²) in [6.07, 6.45) is 4.59. The van der Waals surface area contributed by atoms with Crippen LogP contribution in [0.1, 0.15) is 23.2 Å². The van der Waals surface area contributed by atoms with Crippen LogP contribution in [0.4, 0.5) is 0 Å². The summed E-state index contributed by atoms with van der Waals surface area (Å²) in [4.78, 5) is 16.5. The fourth-order valence-electron chi connectivity index (χ4n) is 3.54. The van der Waals surface area contributed by atoms with Crippen molar-refractivity contribution in [1.82, 2.24) is 9.29 Å². The summed E-state index contributed by atoms with van der Waals surface area (Å²) in [5.74, 6) is 0. The summed E-state index contributed by atoms with van der Waals surface area (Å²) >= 11 is 1.65. The Morgan fingerprint density at radius 1 is 1.07 bits per heavy atom. The number of benzene rings is 2. The van der Waals surface area contributed by atoms with Crippen molar-refractivity contribution in [1.29, 1.82) is 0 Å². The highest BCUT2D eigenvalue weighted by Crippen LogP contribution is 2.32. The van der Waals surface area contributed by atoms with Gasteiger partial charge in [0.05, 0.1) is 10.6 Å². The molecule has 7 heteroatoms. The van der Waals surface area contributed by atoms with Crippen molar-refractivity contribution < 1.29 is 13.2 Å². The third kappa shape index (κ3) is 3.20. The number of aldehydes is 1. The van der Waals surface area contributed by atoms with Gasteiger partial charge in [0.1, 0.15) is 0 Å². The molecule has 0 unspecified atom stereocenters. The van der Waals surface area contributed by atoms with Crippen molar-refractivity contribution in [2.24, 2.45) is 0 Å². The maximum atomic E-state index is 12.9. The third-order valence-electron chi connectivity index (χ3n) is 5.01. The van der Waals surface area contributed by atoms with Crippen LogP contribution in [-0.4, -0.2) is 43.3 Å². The summed E-state index contributed by atoms with van der Waals surface area (Å²) in [5, 5.41) is 0.634. The highest BCUT2D eigenvalue weighted by atomic mass is 32.2. The number of nitrogens with zero attached hydrogens (tertiary/aromatic N) is 1. The van der Waals surface area contributed by atoms with Gasteiger partial charge in [-0.25, -0.2) is 8.42 Å². The second-order valence-corrected chi connectivity index (χ2v) is 9.40. The van der Waals surface area contributed by atoms with E-state index in [0.29, 0.717) is 29.7 Å². The SMILES string of the molecule is CSc1ccc(-c2[nH]c3ccc(S(=O)(=O)N4CCCC4)cc3c2C=O)cc1. The second kappa shape index (κ2) is 7.14. The van der Waals surface area contributed by atoms with Gasteiger partial charge in [0.2, 0.25) is 10.0 Å². The number of aromatic amines is 1. The van der Waals surface area contributed by atoms with Gasteiger partial charge in [-0.1, -0.05) is 12.1 Å². The van der Waals surface area contributed by atoms with E-state index in [4.69, 9.17) is 0 Å². The van der Waals surface area contributed by atoms with Gasteiger partial charge in [0.15, 0.2) is 6.29 Å². The smallest absolute Gasteiger partial charge is 0.243 e. The summed E-state index contributed by atoms with van der Waals surface area (Å²) in [5.41, 5.74) is 2.85. The van der Waals surface area contributed by atoms with Crippen molar-refractivity contribution in [3.8, 4) is 11.3 Å². The van der Waals surface area contributed by atoms with Crippen LogP contribution in [0.2, 0.25) is 0 Å². The first-order chi connectivity index (χ1) is 13.0. The molecular weight excluding hydrogens is 380 g/mol. The number of sulfonamides is 1. The molecule has 2 aromatic carbocycles. The van der Waals surface area contributed by atoms with Crippen LogP contribution >= 0.6 is 11.8 Å². The monoisotopic (exact) mass is 400 g/mol. The summed E-state index contributed by atoms with van der Waals surface area (Å²) < 4.78 is 27.2. The Labute approximate surface area is 162 Å². The minimum atomic E-state index is -3.52. The minimum Gasteiger partial charge on any atom is -0.354 e. The number of hydrogen-bond donors (Lipinski definition) is 1. The number of nitrogens with one attached hydrogen (secondary N) is 1. The lowest BCUT2D eigenvalue weighted by Gasteiger charge is -2.15. The Bertz CT molecular complexity index is 1100. The lowest BCUT2D eigenvalue weighted by atomic mass is 10.1. The summed E-state index contributed by atoms with van der Waals surface area (Å²) in [7, 11) is -3.52. The van der Waals surface area contributed by atoms with Crippen molar-refractivity contribution in [3.63, 3.8) is 0 Å². The van der Waals surface area contributed by atoms with E-state index < -0.39 is 10.0 Å². The molecule has 4 rings (SSSR count). The average Bonchev–Trinajstić information content (AvgIpc) is 3.35. The van der Waals surface area contributed by atoms with Crippen molar-refractivity contribution in [2.45, 2.75) is 22.6 Å². The fourth-order valence-corrected chi connectivity index (χ4v) is 5.49. The van der Waals surface area contributed by atoms with E-state index in [0.717, 1.165) is 35.1 Å². The van der Waals surface area contributed by atoms with Gasteiger partial charge in [-0.05, 0) is 55.0 Å². The molecule has 2 heterocycles. The van der Waals surface area contributed by atoms with Crippen molar-refractivity contribution in [3.05, 3.63) is 48.0 Å². The first-order valence-corrected chi connectivity index (χ1v) is 11.5. The molecular formula is C20H20N2O3S2. The molecule has 0 aliphatic carbocycles. The molecule has 0 bridgehead atoms. The first-order valence-electron chi connectivity index (χ1n) is 8.80. The number of aromatic nitrogens is 1. The van der Waals surface area contributed by atoms with Crippen LogP contribution in [0.15, 0.2) is 52.3 Å². The average molecular weight is 401 g/mol. The van der Waals surface area contributed by atoms with Crippen LogP contribution in [-0.2, 0) is 10.0 Å². The molecule has 1 saturated heterocycles. The summed E-state index contributed by atoms with van der Waals surface area (Å²) in [6, 6.07) is 12.9. The molecule has 0 amide bonds. The predicted molar refractivity (Wildman–Crippen MR) is 109 cm³/mol. The van der Waals surface area contributed by atoms with E-state index in [9.17, 15) is 13.2 Å². The maximum Gasteiger partial charge on any atom is 0.243 e. The van der Waals surface area contributed by atoms with Crippen LogP contribution in [0, 0.1) is 0 Å². The lowest BCUT2D eigenvalue weighted by Crippen LogP contribution is -2.27. The molecule has 0 atom stereocenters. The van der Waals surface area contributed by atoms with E-state index in [2.05, 4.69) is 4.98 Å². The van der Waals surface area contributed by atoms with Crippen LogP contribution in [0.5, 0.6) is 0 Å². The molecule has 0 radical (unpaired) electrons. The van der Waals surface area contributed by atoms with Gasteiger partial charge in [-0.3, -0.25) is 4.79 Å². The number of fused-ring (bicyclic) bond motifs is 1. The molecule has 1 N–H and O–H groups in total. The maximum absolute atomic E-state index is 12.9. The molecule has 27 heavy (non-hydrogen) atoms. The molecule has 0 saturated carbocycles. The molecule has 3 aromatic rings. The third-order valence-corrected chi connectivity index (χ3v) is 7.65. The van der Waals surface area contributed by atoms with E-state index in [-0.39, 0.29) is 4.90 Å². The minimum absolute atomic E-state index is 0.239. The zero-order chi connectivity index (χ0) is 19.0. The zero-order valence-electron chi connectivity index (χ0n) is 14.9. The Morgan fingerprint density at radius 2 is 1.78 bits per heavy atom. The van der Waals surface area contributed by atoms with Crippen molar-refractivity contribution in [2.75, 3.05) is 19.3 Å². The van der Waals surface area contributed by atoms with Crippen LogP contribution in [0.3, 0.4) is 0 Å². The van der Waals surface area contributed by atoms with Crippen LogP contribution < -0.4 is 0 Å². The molecule has 1 fully saturated rings. The topological polar surface area (TPSA) is 70.2 Å². The molecule has 5 nitrogen and oxygen atoms in total. The van der Waals surface area contributed by atoms with Crippen LogP contribution in [0.25, 0.3) is 22.2 Å². The quantitative estimate of drug-likeness (QED) is 0.516. The van der Waals surface area contributed by atoms with Gasteiger partial charge in [-0.15, -0.1) is 11.8 Å². The number of hydrogen-bond acceptors (Lipinski definition) is 4. The van der Waals surface area contributed by atoms with Gasteiger partial charge < -0.3 is 4.98 Å². The van der Waals surface area contributed by atoms with E-state index in [1.807, 2.05) is 30.5 Å². The number of H-pyrrole nitrogens is 1. The number of rotatable bonds is 5. The first kappa shape index (κ1) is 18.3. The number of carbonyl (C=O) groups is 1. The van der Waals surface area contributed by atoms with Gasteiger partial charge >= 0.3 is 0 Å². The molecule has 140 valence electrons. The Hall–Kier alpha value is -2.09. The number of carbonyl (C=O) groups excluding carboxylic acids is 1. The highest BCUT2D eigenvalue weighted by molar-refractivity contribution is 7.98. The molecule has 1 aliphatic rings. The fraction of sp³-hybridized carbons (Fsp3) is 0.250. The summed E-state index contributed by atoms with van der Waals surface area (Å²) in [6.45, 7) is 1.11. The van der Waals surface area contributed by atoms with Gasteiger partial charge in [0, 0.05) is 34.5 Å².